The summed E-state index contributed by atoms with van der Waals surface area (Å²) in [5.74, 6) is -0.0774. The summed E-state index contributed by atoms with van der Waals surface area (Å²) >= 11 is 13.5. The molecule has 3 aromatic carbocycles. The predicted molar refractivity (Wildman–Crippen MR) is 166 cm³/mol. The molecule has 0 saturated carbocycles. The van der Waals surface area contributed by atoms with E-state index in [0.29, 0.717) is 39.1 Å². The molecule has 4 aromatic rings. The number of anilines is 1. The van der Waals surface area contributed by atoms with Gasteiger partial charge in [-0.1, -0.05) is 47.4 Å². The van der Waals surface area contributed by atoms with Crippen LogP contribution in [0.4, 0.5) is 10.1 Å². The number of rotatable bonds is 10. The number of nitrogens with zero attached hydrogens (tertiary/aromatic N) is 3. The van der Waals surface area contributed by atoms with E-state index in [0.717, 1.165) is 10.9 Å². The number of benzene rings is 3. The average molecular weight is 709 g/mol. The topological polar surface area (TPSA) is 94.8 Å². The van der Waals surface area contributed by atoms with Crippen LogP contribution in [0.2, 0.25) is 5.02 Å². The van der Waals surface area contributed by atoms with Crippen LogP contribution in [-0.4, -0.2) is 35.0 Å². The predicted octanol–water partition coefficient (Wildman–Crippen LogP) is 7.53. The Morgan fingerprint density at radius 2 is 1.98 bits per heavy atom. The van der Waals surface area contributed by atoms with E-state index in [2.05, 4.69) is 42.3 Å². The van der Waals surface area contributed by atoms with Gasteiger partial charge in [-0.15, -0.1) is 0 Å². The summed E-state index contributed by atoms with van der Waals surface area (Å²) in [4.78, 5) is 30.6. The molecular formula is C29H26Br2ClFN4O4. The van der Waals surface area contributed by atoms with Crippen molar-refractivity contribution in [2.75, 3.05) is 18.5 Å². The molecule has 0 spiro atoms. The number of hydrogen-bond donors (Lipinski definition) is 1. The molecule has 4 rings (SSSR count). The van der Waals surface area contributed by atoms with Crippen LogP contribution in [0, 0.1) is 5.82 Å². The van der Waals surface area contributed by atoms with Gasteiger partial charge in [0.15, 0.2) is 18.1 Å². The van der Waals surface area contributed by atoms with Crippen molar-refractivity contribution in [3.05, 3.63) is 90.1 Å². The molecule has 1 heterocycles. The van der Waals surface area contributed by atoms with E-state index in [-0.39, 0.29) is 28.0 Å². The fraction of sp³-hybridized carbons (Fsp3) is 0.241. The molecule has 1 aromatic heterocycles. The first-order chi connectivity index (χ1) is 19.6. The molecule has 0 saturated heterocycles. The van der Waals surface area contributed by atoms with E-state index in [4.69, 9.17) is 26.1 Å². The van der Waals surface area contributed by atoms with E-state index in [1.165, 1.54) is 29.1 Å². The van der Waals surface area contributed by atoms with E-state index in [1.54, 1.807) is 31.2 Å². The van der Waals surface area contributed by atoms with Crippen LogP contribution >= 0.6 is 43.5 Å². The van der Waals surface area contributed by atoms with Gasteiger partial charge in [0, 0.05) is 26.1 Å². The van der Waals surface area contributed by atoms with Crippen molar-refractivity contribution < 1.29 is 18.7 Å². The molecule has 0 aliphatic carbocycles. The molecule has 1 N–H and O–H groups in total. The highest BCUT2D eigenvalue weighted by atomic mass is 79.9. The van der Waals surface area contributed by atoms with Crippen LogP contribution in [0.1, 0.15) is 44.5 Å². The molecule has 1 atom stereocenters. The molecule has 0 radical (unpaired) electrons. The highest BCUT2D eigenvalue weighted by molar-refractivity contribution is 9.10. The molecule has 0 unspecified atom stereocenters. The maximum atomic E-state index is 13.5. The average Bonchev–Trinajstić information content (AvgIpc) is 2.94. The lowest BCUT2D eigenvalue weighted by atomic mass is 10.1. The van der Waals surface area contributed by atoms with Crippen molar-refractivity contribution in [2.45, 2.75) is 33.1 Å². The summed E-state index contributed by atoms with van der Waals surface area (Å²) in [7, 11) is 0. The van der Waals surface area contributed by atoms with Crippen molar-refractivity contribution in [1.82, 2.24) is 9.66 Å². The SMILES string of the molecule is CCOc1cc(C=Nn2c([C@@H](C)CC)nc3ccc(Br)cc3c2=O)c(Br)c(Cl)c1OCC(=O)Nc1cccc(F)c1. The highest BCUT2D eigenvalue weighted by Gasteiger charge is 2.20. The number of ether oxygens (including phenoxy) is 2. The fourth-order valence-electron chi connectivity index (χ4n) is 3.90. The molecular weight excluding hydrogens is 683 g/mol. The van der Waals surface area contributed by atoms with E-state index in [9.17, 15) is 14.0 Å². The standard InChI is InChI=1S/C29H26Br2ClFN4O4/c1-4-16(3)28-36-22-10-9-18(30)12-21(22)29(39)37(28)34-14-17-11-23(40-5-2)27(26(32)25(17)31)41-15-24(38)35-20-8-6-7-19(33)13-20/h6-14,16H,4-5,15H2,1-3H3,(H,35,38)/t16-/m0/s1. The van der Waals surface area contributed by atoms with Crippen molar-refractivity contribution in [1.29, 1.82) is 0 Å². The normalized spacial score (nSPS) is 12.1. The minimum atomic E-state index is -0.511. The monoisotopic (exact) mass is 706 g/mol. The number of carbonyl (C=O) groups excluding carboxylic acids is 1. The number of amides is 1. The Morgan fingerprint density at radius 3 is 2.68 bits per heavy atom. The molecule has 8 nitrogen and oxygen atoms in total. The number of nitrogens with one attached hydrogen (secondary N) is 1. The Bertz CT molecular complexity index is 1700. The summed E-state index contributed by atoms with van der Waals surface area (Å²) in [6, 6.07) is 12.5. The lowest BCUT2D eigenvalue weighted by Crippen LogP contribution is -2.23. The third kappa shape index (κ3) is 7.14. The number of halogens is 4. The highest BCUT2D eigenvalue weighted by Crippen LogP contribution is 2.42. The largest absolute Gasteiger partial charge is 0.490 e. The first-order valence-electron chi connectivity index (χ1n) is 12.7. The van der Waals surface area contributed by atoms with Gasteiger partial charge in [0.25, 0.3) is 11.5 Å². The first-order valence-corrected chi connectivity index (χ1v) is 14.7. The van der Waals surface area contributed by atoms with Crippen molar-refractivity contribution in [2.24, 2.45) is 5.10 Å². The van der Waals surface area contributed by atoms with Gasteiger partial charge in [-0.05, 0) is 71.7 Å². The van der Waals surface area contributed by atoms with Crippen molar-refractivity contribution in [3.63, 3.8) is 0 Å². The van der Waals surface area contributed by atoms with Gasteiger partial charge in [-0.25, -0.2) is 9.37 Å². The van der Waals surface area contributed by atoms with Crippen LogP contribution in [0.15, 0.2) is 67.4 Å². The van der Waals surface area contributed by atoms with Gasteiger partial charge >= 0.3 is 0 Å². The summed E-state index contributed by atoms with van der Waals surface area (Å²) in [6.07, 6.45) is 2.24. The third-order valence-electron chi connectivity index (χ3n) is 6.11. The lowest BCUT2D eigenvalue weighted by molar-refractivity contribution is -0.118. The number of hydrogen-bond acceptors (Lipinski definition) is 6. The molecule has 0 fully saturated rings. The Hall–Kier alpha value is -3.28. The molecule has 41 heavy (non-hydrogen) atoms. The summed E-state index contributed by atoms with van der Waals surface area (Å²) < 4.78 is 27.4. The Morgan fingerprint density at radius 1 is 1.20 bits per heavy atom. The second-order valence-electron chi connectivity index (χ2n) is 9.00. The maximum absolute atomic E-state index is 13.5. The summed E-state index contributed by atoms with van der Waals surface area (Å²) in [5.41, 5.74) is 1.08. The van der Waals surface area contributed by atoms with Crippen LogP contribution in [0.25, 0.3) is 10.9 Å². The third-order valence-corrected chi connectivity index (χ3v) is 8.05. The van der Waals surface area contributed by atoms with Gasteiger partial charge in [-0.3, -0.25) is 9.59 Å². The molecule has 0 aliphatic heterocycles. The molecule has 12 heteroatoms. The molecule has 1 amide bonds. The zero-order chi connectivity index (χ0) is 29.7. The molecule has 0 bridgehead atoms. The van der Waals surface area contributed by atoms with Crippen LogP contribution in [0.5, 0.6) is 11.5 Å². The van der Waals surface area contributed by atoms with Gasteiger partial charge < -0.3 is 14.8 Å². The van der Waals surface area contributed by atoms with Gasteiger partial charge in [0.2, 0.25) is 0 Å². The number of aromatic nitrogens is 2. The second-order valence-corrected chi connectivity index (χ2v) is 11.1. The quantitative estimate of drug-likeness (QED) is 0.172. The molecule has 214 valence electrons. The Labute approximate surface area is 257 Å². The van der Waals surface area contributed by atoms with Crippen molar-refractivity contribution >= 4 is 72.2 Å². The van der Waals surface area contributed by atoms with Crippen molar-refractivity contribution in [3.8, 4) is 11.5 Å². The Balaban J connectivity index is 1.67. The van der Waals surface area contributed by atoms with Crippen LogP contribution < -0.4 is 20.3 Å². The summed E-state index contributed by atoms with van der Waals surface area (Å²) in [6.45, 7) is 5.68. The number of carbonyl (C=O) groups is 1. The number of fused-ring (bicyclic) bond motifs is 1. The lowest BCUT2D eigenvalue weighted by Gasteiger charge is -2.16. The minimum Gasteiger partial charge on any atom is -0.490 e. The second kappa shape index (κ2) is 13.6. The molecule has 0 aliphatic rings. The smallest absolute Gasteiger partial charge is 0.282 e. The Kier molecular flexibility index (Phi) is 10.2. The first kappa shape index (κ1) is 30.7. The van der Waals surface area contributed by atoms with E-state index >= 15 is 0 Å². The van der Waals surface area contributed by atoms with Crippen LogP contribution in [-0.2, 0) is 4.79 Å². The zero-order valence-corrected chi connectivity index (χ0v) is 26.3. The summed E-state index contributed by atoms with van der Waals surface area (Å²) in [5, 5.41) is 7.65. The van der Waals surface area contributed by atoms with Gasteiger partial charge in [0.05, 0.1) is 23.7 Å². The minimum absolute atomic E-state index is 0.0341. The van der Waals surface area contributed by atoms with Crippen LogP contribution in [0.3, 0.4) is 0 Å². The maximum Gasteiger partial charge on any atom is 0.282 e. The van der Waals surface area contributed by atoms with E-state index in [1.807, 2.05) is 19.9 Å². The fourth-order valence-corrected chi connectivity index (χ4v) is 4.91. The van der Waals surface area contributed by atoms with Gasteiger partial charge in [0.1, 0.15) is 16.7 Å². The van der Waals surface area contributed by atoms with Gasteiger partial charge in [-0.2, -0.15) is 9.78 Å². The zero-order valence-electron chi connectivity index (χ0n) is 22.4. The van der Waals surface area contributed by atoms with E-state index < -0.39 is 18.3 Å².